The molecule has 0 bridgehead atoms. The highest BCUT2D eigenvalue weighted by molar-refractivity contribution is 7.89. The molecule has 0 saturated heterocycles. The number of nitrogens with one attached hydrogen (secondary N) is 1. The van der Waals surface area contributed by atoms with Crippen LogP contribution in [0.3, 0.4) is 0 Å². The molecule has 1 saturated carbocycles. The zero-order valence-electron chi connectivity index (χ0n) is 13.2. The lowest BCUT2D eigenvalue weighted by molar-refractivity contribution is -0.149. The van der Waals surface area contributed by atoms with Crippen LogP contribution in [0.15, 0.2) is 23.1 Å². The van der Waals surface area contributed by atoms with Crippen LogP contribution in [-0.2, 0) is 14.8 Å². The van der Waals surface area contributed by atoms with E-state index in [0.29, 0.717) is 0 Å². The number of ether oxygens (including phenoxy) is 1. The maximum absolute atomic E-state index is 13.5. The highest BCUT2D eigenvalue weighted by Gasteiger charge is 2.51. The van der Waals surface area contributed by atoms with Gasteiger partial charge in [-0.05, 0) is 50.8 Å². The smallest absolute Gasteiger partial charge is 0.324 e. The first-order valence-corrected chi connectivity index (χ1v) is 8.77. The van der Waals surface area contributed by atoms with E-state index in [2.05, 4.69) is 4.72 Å². The quantitative estimate of drug-likeness (QED) is 0.824. The predicted octanol–water partition coefficient (Wildman–Crippen LogP) is 2.14. The lowest BCUT2D eigenvalue weighted by Crippen LogP contribution is -2.61. The Balaban J connectivity index is 2.40. The Morgan fingerprint density at radius 1 is 1.43 bits per heavy atom. The average Bonchev–Trinajstić information content (AvgIpc) is 2.37. The number of carbonyl (C=O) groups is 1. The minimum absolute atomic E-state index is 0.0122. The molecule has 2 rings (SSSR count). The largest absolute Gasteiger partial charge is 0.490 e. The number of benzene rings is 1. The molecule has 0 amide bonds. The summed E-state index contributed by atoms with van der Waals surface area (Å²) in [5.41, 5.74) is -1.54. The van der Waals surface area contributed by atoms with Crippen LogP contribution in [0.2, 0.25) is 0 Å². The Morgan fingerprint density at radius 3 is 2.52 bits per heavy atom. The van der Waals surface area contributed by atoms with E-state index in [1.54, 1.807) is 13.8 Å². The van der Waals surface area contributed by atoms with Crippen LogP contribution in [-0.4, -0.2) is 31.1 Å². The van der Waals surface area contributed by atoms with Crippen molar-refractivity contribution >= 4 is 16.0 Å². The second kappa shape index (κ2) is 6.09. The first-order chi connectivity index (χ1) is 10.6. The van der Waals surface area contributed by atoms with Gasteiger partial charge in [0.1, 0.15) is 22.0 Å². The number of carboxylic acids is 1. The van der Waals surface area contributed by atoms with Crippen LogP contribution >= 0.6 is 0 Å². The van der Waals surface area contributed by atoms with Crippen molar-refractivity contribution in [2.75, 3.05) is 0 Å². The van der Waals surface area contributed by atoms with Gasteiger partial charge in [0.15, 0.2) is 0 Å². The highest BCUT2D eigenvalue weighted by Crippen LogP contribution is 2.39. The van der Waals surface area contributed by atoms with E-state index in [1.807, 2.05) is 6.92 Å². The summed E-state index contributed by atoms with van der Waals surface area (Å²) in [6, 6.07) is 3.15. The van der Waals surface area contributed by atoms with Crippen molar-refractivity contribution in [3.8, 4) is 5.75 Å². The molecule has 1 aliphatic carbocycles. The van der Waals surface area contributed by atoms with E-state index in [0.717, 1.165) is 12.1 Å². The molecule has 1 fully saturated rings. The molecule has 0 unspecified atom stereocenters. The Labute approximate surface area is 134 Å². The molecule has 0 heterocycles. The topological polar surface area (TPSA) is 92.7 Å². The molecule has 2 N–H and O–H groups in total. The summed E-state index contributed by atoms with van der Waals surface area (Å²) in [6.07, 6.45) is 0.0701. The fourth-order valence-electron chi connectivity index (χ4n) is 2.79. The second-order valence-corrected chi connectivity index (χ2v) is 7.91. The van der Waals surface area contributed by atoms with Gasteiger partial charge in [-0.15, -0.1) is 0 Å². The van der Waals surface area contributed by atoms with Crippen LogP contribution in [0.4, 0.5) is 4.39 Å². The lowest BCUT2D eigenvalue weighted by atomic mass is 9.70. The fraction of sp³-hybridized carbons (Fsp3) is 0.533. The molecule has 0 radical (unpaired) electrons. The van der Waals surface area contributed by atoms with Gasteiger partial charge in [-0.1, -0.05) is 6.92 Å². The van der Waals surface area contributed by atoms with Crippen molar-refractivity contribution in [3.05, 3.63) is 24.0 Å². The molecule has 1 aromatic carbocycles. The molecular weight excluding hydrogens is 325 g/mol. The van der Waals surface area contributed by atoms with E-state index in [-0.39, 0.29) is 30.6 Å². The fourth-order valence-corrected chi connectivity index (χ4v) is 4.31. The van der Waals surface area contributed by atoms with E-state index < -0.39 is 32.2 Å². The van der Waals surface area contributed by atoms with Gasteiger partial charge in [-0.2, -0.15) is 4.72 Å². The minimum atomic E-state index is -4.24. The summed E-state index contributed by atoms with van der Waals surface area (Å²) in [7, 11) is -4.24. The monoisotopic (exact) mass is 345 g/mol. The van der Waals surface area contributed by atoms with Gasteiger partial charge in [0.05, 0.1) is 6.10 Å². The van der Waals surface area contributed by atoms with Crippen LogP contribution < -0.4 is 9.46 Å². The van der Waals surface area contributed by atoms with Gasteiger partial charge in [0.25, 0.3) is 0 Å². The summed E-state index contributed by atoms with van der Waals surface area (Å²) in [5, 5.41) is 9.35. The standard InChI is InChI=1S/C15H20FNO5S/c1-9(2)22-12-5-4-11(16)6-13(12)23(20,21)17-15(14(18)19)7-10(3)8-15/h4-6,9-10,17H,7-8H2,1-3H3,(H,18,19). The molecule has 0 atom stereocenters. The summed E-state index contributed by atoms with van der Waals surface area (Å²) >= 11 is 0. The Morgan fingerprint density at radius 2 is 2.04 bits per heavy atom. The van der Waals surface area contributed by atoms with Crippen molar-refractivity contribution in [3.63, 3.8) is 0 Å². The maximum atomic E-state index is 13.5. The number of hydrogen-bond acceptors (Lipinski definition) is 4. The second-order valence-electron chi connectivity index (χ2n) is 6.26. The highest BCUT2D eigenvalue weighted by atomic mass is 32.2. The maximum Gasteiger partial charge on any atom is 0.324 e. The van der Waals surface area contributed by atoms with Crippen molar-refractivity contribution in [2.45, 2.75) is 50.2 Å². The van der Waals surface area contributed by atoms with E-state index in [9.17, 15) is 22.7 Å². The molecular formula is C15H20FNO5S. The lowest BCUT2D eigenvalue weighted by Gasteiger charge is -2.42. The molecule has 23 heavy (non-hydrogen) atoms. The molecule has 0 aliphatic heterocycles. The van der Waals surface area contributed by atoms with E-state index in [4.69, 9.17) is 4.74 Å². The Bertz CT molecular complexity index is 711. The zero-order valence-corrected chi connectivity index (χ0v) is 14.0. The predicted molar refractivity (Wildman–Crippen MR) is 81.3 cm³/mol. The Kier molecular flexibility index (Phi) is 4.68. The number of halogens is 1. The van der Waals surface area contributed by atoms with Gasteiger partial charge in [-0.25, -0.2) is 12.8 Å². The first kappa shape index (κ1) is 17.7. The van der Waals surface area contributed by atoms with Crippen LogP contribution in [0, 0.1) is 11.7 Å². The van der Waals surface area contributed by atoms with Crippen molar-refractivity contribution in [1.29, 1.82) is 0 Å². The number of aliphatic carboxylic acids is 1. The van der Waals surface area contributed by atoms with E-state index in [1.165, 1.54) is 6.07 Å². The van der Waals surface area contributed by atoms with Gasteiger partial charge in [-0.3, -0.25) is 4.79 Å². The zero-order chi connectivity index (χ0) is 17.4. The van der Waals surface area contributed by atoms with Crippen molar-refractivity contribution in [1.82, 2.24) is 4.72 Å². The SMILES string of the molecule is CC1CC(NS(=O)(=O)c2cc(F)ccc2OC(C)C)(C(=O)O)C1. The van der Waals surface area contributed by atoms with Gasteiger partial charge in [0, 0.05) is 0 Å². The first-order valence-electron chi connectivity index (χ1n) is 7.29. The number of hydrogen-bond donors (Lipinski definition) is 2. The van der Waals surface area contributed by atoms with Crippen molar-refractivity contribution in [2.24, 2.45) is 5.92 Å². The number of sulfonamides is 1. The molecule has 0 spiro atoms. The van der Waals surface area contributed by atoms with E-state index >= 15 is 0 Å². The average molecular weight is 345 g/mol. The number of rotatable bonds is 6. The minimum Gasteiger partial charge on any atom is -0.490 e. The molecule has 0 aromatic heterocycles. The summed E-state index contributed by atoms with van der Waals surface area (Å²) in [6.45, 7) is 5.25. The summed E-state index contributed by atoms with van der Waals surface area (Å²) in [4.78, 5) is 11.1. The molecule has 8 heteroatoms. The number of carboxylic acid groups (broad SMARTS) is 1. The molecule has 1 aliphatic rings. The molecule has 128 valence electrons. The van der Waals surface area contributed by atoms with Crippen molar-refractivity contribution < 1.29 is 27.4 Å². The third kappa shape index (κ3) is 3.64. The van der Waals surface area contributed by atoms with Crippen LogP contribution in [0.1, 0.15) is 33.6 Å². The third-order valence-electron chi connectivity index (χ3n) is 3.69. The van der Waals surface area contributed by atoms with Crippen LogP contribution in [0.5, 0.6) is 5.75 Å². The van der Waals surface area contributed by atoms with Gasteiger partial charge in [0.2, 0.25) is 10.0 Å². The summed E-state index contributed by atoms with van der Waals surface area (Å²) in [5.74, 6) is -1.88. The summed E-state index contributed by atoms with van der Waals surface area (Å²) < 4.78 is 46.3. The third-order valence-corrected chi connectivity index (χ3v) is 5.25. The normalized spacial score (nSPS) is 24.3. The Hall–Kier alpha value is -1.67. The molecule has 1 aromatic rings. The van der Waals surface area contributed by atoms with Crippen LogP contribution in [0.25, 0.3) is 0 Å². The van der Waals surface area contributed by atoms with Gasteiger partial charge < -0.3 is 9.84 Å². The molecule has 6 nitrogen and oxygen atoms in total. The van der Waals surface area contributed by atoms with Gasteiger partial charge >= 0.3 is 5.97 Å².